The number of furan rings is 1. The van der Waals surface area contributed by atoms with Crippen LogP contribution in [0.3, 0.4) is 0 Å². The Labute approximate surface area is 139 Å². The monoisotopic (exact) mass is 319 g/mol. The van der Waals surface area contributed by atoms with Crippen molar-refractivity contribution in [3.63, 3.8) is 0 Å². The maximum absolute atomic E-state index is 11.9. The Balaban J connectivity index is 1.65. The molecule has 1 fully saturated rings. The molecule has 0 aliphatic carbocycles. The van der Waals surface area contributed by atoms with E-state index in [1.54, 1.807) is 11.3 Å². The highest BCUT2D eigenvalue weighted by Crippen LogP contribution is 2.30. The number of fused-ring (bicyclic) bond motifs is 1. The number of hydrogen-bond acceptors (Lipinski definition) is 3. The van der Waals surface area contributed by atoms with Gasteiger partial charge in [-0.25, -0.2) is 10.0 Å². The lowest BCUT2D eigenvalue weighted by atomic mass is 10.1. The molecule has 1 N–H and O–H groups in total. The van der Waals surface area contributed by atoms with Crippen LogP contribution in [0, 0.1) is 0 Å². The maximum atomic E-state index is 11.9. The van der Waals surface area contributed by atoms with Crippen molar-refractivity contribution in [2.24, 2.45) is 4.99 Å². The fourth-order valence-electron chi connectivity index (χ4n) is 3.02. The average molecular weight is 319 g/mol. The second-order valence-corrected chi connectivity index (χ2v) is 5.83. The number of aliphatic imine (C=N–C) groups is 1. The Morgan fingerprint density at radius 3 is 2.75 bits per heavy atom. The minimum atomic E-state index is -0.170. The first-order valence-corrected chi connectivity index (χ1v) is 7.87. The van der Waals surface area contributed by atoms with Gasteiger partial charge in [0.25, 0.3) is 0 Å². The van der Waals surface area contributed by atoms with E-state index in [0.29, 0.717) is 6.42 Å². The number of benzene rings is 2. The molecule has 0 spiro atoms. The number of amides is 1. The fraction of sp³-hybridized carbons (Fsp3) is 0.158. The molecule has 0 radical (unpaired) electrons. The van der Waals surface area contributed by atoms with E-state index in [4.69, 9.17) is 4.42 Å². The third-order valence-corrected chi connectivity index (χ3v) is 4.16. The first kappa shape index (κ1) is 14.5. The lowest BCUT2D eigenvalue weighted by molar-refractivity contribution is -0.132. The van der Waals surface area contributed by atoms with Crippen LogP contribution < -0.4 is 5.43 Å². The standard InChI is InChI=1S/C19H17N3O2/c1-13(23)22-17(18-7-4-10-24-18)12-19(21-22)20-16-9-8-14-5-2-3-6-15(14)11-16/h2-11,17H,12H2,1H3,(H,20,21). The van der Waals surface area contributed by atoms with Crippen LogP contribution in [0.1, 0.15) is 25.1 Å². The number of carbonyl (C=O) groups excluding carboxylic acids is 1. The number of rotatable bonds is 2. The number of carbonyl (C=O) groups is 1. The highest BCUT2D eigenvalue weighted by atomic mass is 16.3. The summed E-state index contributed by atoms with van der Waals surface area (Å²) >= 11 is 0. The van der Waals surface area contributed by atoms with Crippen LogP contribution in [0.25, 0.3) is 10.8 Å². The minimum Gasteiger partial charge on any atom is -0.467 e. The average Bonchev–Trinajstić information content (AvgIpc) is 3.24. The molecular weight excluding hydrogens is 302 g/mol. The summed E-state index contributed by atoms with van der Waals surface area (Å²) in [6.07, 6.45) is 2.21. The molecule has 1 unspecified atom stereocenters. The first-order chi connectivity index (χ1) is 11.7. The summed E-state index contributed by atoms with van der Waals surface area (Å²) < 4.78 is 5.47. The second-order valence-electron chi connectivity index (χ2n) is 5.83. The molecule has 1 atom stereocenters. The third-order valence-electron chi connectivity index (χ3n) is 4.16. The lowest BCUT2D eigenvalue weighted by Crippen LogP contribution is -2.38. The molecule has 0 saturated carbocycles. The Bertz CT molecular complexity index is 915. The van der Waals surface area contributed by atoms with Gasteiger partial charge in [0.1, 0.15) is 17.6 Å². The summed E-state index contributed by atoms with van der Waals surface area (Å²) in [5.41, 5.74) is 3.96. The maximum Gasteiger partial charge on any atom is 0.238 e. The van der Waals surface area contributed by atoms with Crippen LogP contribution in [-0.4, -0.2) is 16.8 Å². The van der Waals surface area contributed by atoms with Crippen LogP contribution in [0.2, 0.25) is 0 Å². The topological polar surface area (TPSA) is 57.8 Å². The smallest absolute Gasteiger partial charge is 0.238 e. The van der Waals surface area contributed by atoms with Crippen molar-refractivity contribution in [1.82, 2.24) is 10.4 Å². The van der Waals surface area contributed by atoms with Gasteiger partial charge in [-0.3, -0.25) is 10.2 Å². The normalized spacial score (nSPS) is 19.0. The molecule has 1 aliphatic heterocycles. The fourth-order valence-corrected chi connectivity index (χ4v) is 3.02. The van der Waals surface area contributed by atoms with Gasteiger partial charge in [0.05, 0.1) is 12.0 Å². The Morgan fingerprint density at radius 2 is 2.00 bits per heavy atom. The summed E-state index contributed by atoms with van der Waals surface area (Å²) in [7, 11) is 0. The summed E-state index contributed by atoms with van der Waals surface area (Å²) in [6, 6.07) is 17.8. The van der Waals surface area contributed by atoms with Gasteiger partial charge in [-0.15, -0.1) is 0 Å². The molecule has 4 rings (SSSR count). The zero-order valence-electron chi connectivity index (χ0n) is 13.3. The number of nitrogens with zero attached hydrogens (tertiary/aromatic N) is 2. The minimum absolute atomic E-state index is 0.0693. The van der Waals surface area contributed by atoms with E-state index in [2.05, 4.69) is 28.6 Å². The van der Waals surface area contributed by atoms with Gasteiger partial charge < -0.3 is 4.42 Å². The molecule has 2 aromatic carbocycles. The largest absolute Gasteiger partial charge is 0.467 e. The van der Waals surface area contributed by atoms with E-state index in [0.717, 1.165) is 22.7 Å². The van der Waals surface area contributed by atoms with Crippen LogP contribution in [0.4, 0.5) is 5.69 Å². The van der Waals surface area contributed by atoms with E-state index >= 15 is 0 Å². The van der Waals surface area contributed by atoms with Crippen molar-refractivity contribution in [2.45, 2.75) is 19.4 Å². The molecule has 24 heavy (non-hydrogen) atoms. The SMILES string of the molecule is CC(=O)N1NC(=Nc2ccc3ccccc3c2)CC1c1ccco1. The van der Waals surface area contributed by atoms with Crippen molar-refractivity contribution in [3.8, 4) is 0 Å². The van der Waals surface area contributed by atoms with Gasteiger partial charge in [-0.05, 0) is 35.0 Å². The summed E-state index contributed by atoms with van der Waals surface area (Å²) in [6.45, 7) is 1.53. The Kier molecular flexibility index (Phi) is 3.54. The molecular formula is C19H17N3O2. The van der Waals surface area contributed by atoms with Crippen LogP contribution in [-0.2, 0) is 4.79 Å². The van der Waals surface area contributed by atoms with Crippen LogP contribution in [0.15, 0.2) is 70.3 Å². The van der Waals surface area contributed by atoms with E-state index in [1.165, 1.54) is 12.3 Å². The number of nitrogens with one attached hydrogen (secondary N) is 1. The second kappa shape index (κ2) is 5.85. The van der Waals surface area contributed by atoms with E-state index in [1.807, 2.05) is 36.4 Å². The first-order valence-electron chi connectivity index (χ1n) is 7.87. The molecule has 3 aromatic rings. The summed E-state index contributed by atoms with van der Waals surface area (Å²) in [4.78, 5) is 16.6. The molecule has 1 amide bonds. The zero-order valence-corrected chi connectivity index (χ0v) is 13.3. The van der Waals surface area contributed by atoms with Crippen molar-refractivity contribution in [3.05, 3.63) is 66.6 Å². The van der Waals surface area contributed by atoms with Gasteiger partial charge in [-0.2, -0.15) is 0 Å². The quantitative estimate of drug-likeness (QED) is 0.778. The van der Waals surface area contributed by atoms with Gasteiger partial charge in [0, 0.05) is 13.3 Å². The van der Waals surface area contributed by atoms with Crippen molar-refractivity contribution in [1.29, 1.82) is 0 Å². The van der Waals surface area contributed by atoms with Gasteiger partial charge in [-0.1, -0.05) is 30.3 Å². The molecule has 1 aromatic heterocycles. The van der Waals surface area contributed by atoms with E-state index in [-0.39, 0.29) is 11.9 Å². The Hall–Kier alpha value is -3.08. The van der Waals surface area contributed by atoms with E-state index in [9.17, 15) is 4.79 Å². The number of amidine groups is 1. The third kappa shape index (κ3) is 2.65. The van der Waals surface area contributed by atoms with Crippen LogP contribution in [0.5, 0.6) is 0 Å². The Morgan fingerprint density at radius 1 is 1.17 bits per heavy atom. The molecule has 0 bridgehead atoms. The van der Waals surface area contributed by atoms with Crippen molar-refractivity contribution >= 4 is 28.2 Å². The molecule has 1 aliphatic rings. The van der Waals surface area contributed by atoms with Crippen molar-refractivity contribution in [2.75, 3.05) is 0 Å². The van der Waals surface area contributed by atoms with Crippen LogP contribution >= 0.6 is 0 Å². The molecule has 120 valence electrons. The predicted molar refractivity (Wildman–Crippen MR) is 92.8 cm³/mol. The number of hydrogen-bond donors (Lipinski definition) is 1. The zero-order chi connectivity index (χ0) is 16.5. The predicted octanol–water partition coefficient (Wildman–Crippen LogP) is 3.96. The van der Waals surface area contributed by atoms with Gasteiger partial charge >= 0.3 is 0 Å². The summed E-state index contributed by atoms with van der Waals surface area (Å²) in [5.74, 6) is 1.43. The lowest BCUT2D eigenvalue weighted by Gasteiger charge is -2.20. The molecule has 5 nitrogen and oxygen atoms in total. The molecule has 5 heteroatoms. The number of hydrazine groups is 1. The highest BCUT2D eigenvalue weighted by molar-refractivity contribution is 5.92. The molecule has 2 heterocycles. The van der Waals surface area contributed by atoms with Gasteiger partial charge in [0.2, 0.25) is 5.91 Å². The summed E-state index contributed by atoms with van der Waals surface area (Å²) in [5, 5.41) is 3.89. The van der Waals surface area contributed by atoms with Gasteiger partial charge in [0.15, 0.2) is 0 Å². The highest BCUT2D eigenvalue weighted by Gasteiger charge is 2.33. The van der Waals surface area contributed by atoms with Crippen molar-refractivity contribution < 1.29 is 9.21 Å². The molecule has 1 saturated heterocycles. The van der Waals surface area contributed by atoms with E-state index < -0.39 is 0 Å².